The van der Waals surface area contributed by atoms with Gasteiger partial charge in [-0.3, -0.25) is 24.0 Å². The minimum absolute atomic E-state index is 0.157. The molecule has 35 N–H and O–H groups in total. The van der Waals surface area contributed by atoms with Crippen molar-refractivity contribution in [2.75, 3.05) is 232 Å². The standard InChI is InChI=1S/C15H34N6O5.C13H29N5O5.C11H24N4O5.C9H19N3O5.C7H14N2O5/c1-26-15(25)13(23)12(22)14(24)21-11-10-20-9-8-19-7-6-18-5-4-17-3-2-16;1-23-13(22)11(20)10(19)12(21)18-9-8-17-7-6-16-5-4-15-3-2-14;1-20-11(19)9(17)8(16)10(18)15-7-6-14-5-4-13-3-2-12;1-17-9(16)7(14)6(13)8(15)12-5-4-11-3-2-10;1-14-7(13)5(11)4(10)6(12)9-3-2-8/h12-13,17-20,22-23H,2-11,16H2,1H3,(H,21,24);10-11,15-17,19-20H,2-9,14H2,1H3,(H,18,21);8-9,13-14,16-17H,2-7,12H2,1H3,(H,15,18);6-7,11,13-14H,2-5,10H2,1H3,(H,12,15);4-5,10-11H,2-3,8H2,1H3,(H,9,12). The van der Waals surface area contributed by atoms with E-state index >= 15 is 0 Å². The Balaban J connectivity index is -0.000000382. The molecule has 590 valence electrons. The molecule has 0 radical (unpaired) electrons. The summed E-state index contributed by atoms with van der Waals surface area (Å²) in [6.07, 6.45) is -18.6. The van der Waals surface area contributed by atoms with Crippen LogP contribution in [0.5, 0.6) is 0 Å². The first-order chi connectivity index (χ1) is 47.7. The number of aliphatic hydroxyl groups excluding tert-OH is 10. The van der Waals surface area contributed by atoms with Gasteiger partial charge in [0.05, 0.1) is 35.5 Å². The molecule has 45 heteroatoms. The molecule has 0 aromatic heterocycles. The molecular formula is C55H120N20O25. The number of methoxy groups -OCH3 is 5. The van der Waals surface area contributed by atoms with Gasteiger partial charge in [-0.1, -0.05) is 0 Å². The second-order valence-electron chi connectivity index (χ2n) is 20.0. The number of hydrogen-bond donors (Lipinski definition) is 30. The Morgan fingerprint density at radius 2 is 0.330 bits per heavy atom. The molecule has 0 bridgehead atoms. The lowest BCUT2D eigenvalue weighted by atomic mass is 10.2. The average Bonchev–Trinajstić information content (AvgIpc) is 1.14. The number of carbonyl (C=O) groups excluding carboxylic acids is 10. The SMILES string of the molecule is COC(=O)C(O)C(O)C(=O)NCCN.COC(=O)C(O)C(O)C(=O)NCCNCCN.COC(=O)C(O)C(O)C(=O)NCCNCCNCCN.COC(=O)C(O)C(O)C(=O)NCCNCCNCCNCCN.COC(=O)C(O)C(O)C(=O)NCCNCCNCCNCCNCCN. The van der Waals surface area contributed by atoms with Gasteiger partial charge in [0.25, 0.3) is 29.5 Å². The van der Waals surface area contributed by atoms with Crippen molar-refractivity contribution in [1.29, 1.82) is 0 Å². The minimum atomic E-state index is -1.89. The fraction of sp³-hybridized carbons (Fsp3) is 0.818. The zero-order valence-electron chi connectivity index (χ0n) is 58.0. The molecule has 0 aromatic rings. The molecule has 0 rings (SSSR count). The topological polar surface area (TPSA) is 730 Å². The van der Waals surface area contributed by atoms with E-state index in [-0.39, 0.29) is 39.3 Å². The fourth-order valence-corrected chi connectivity index (χ4v) is 6.50. The van der Waals surface area contributed by atoms with E-state index in [9.17, 15) is 88.8 Å². The first-order valence-corrected chi connectivity index (χ1v) is 31.9. The third kappa shape index (κ3) is 58.4. The van der Waals surface area contributed by atoms with Crippen molar-refractivity contribution in [2.45, 2.75) is 61.0 Å². The van der Waals surface area contributed by atoms with Crippen molar-refractivity contribution in [3.05, 3.63) is 0 Å². The number of aliphatic hydroxyl groups is 10. The van der Waals surface area contributed by atoms with Crippen LogP contribution < -0.4 is 108 Å². The van der Waals surface area contributed by atoms with Crippen molar-refractivity contribution in [3.63, 3.8) is 0 Å². The van der Waals surface area contributed by atoms with E-state index in [0.717, 1.165) is 127 Å². The number of esters is 5. The van der Waals surface area contributed by atoms with Crippen LogP contribution in [0.2, 0.25) is 0 Å². The van der Waals surface area contributed by atoms with Gasteiger partial charge in [-0.15, -0.1) is 0 Å². The maximum absolute atomic E-state index is 11.5. The van der Waals surface area contributed by atoms with Crippen LogP contribution in [0, 0.1) is 0 Å². The third-order valence-electron chi connectivity index (χ3n) is 12.1. The van der Waals surface area contributed by atoms with Crippen LogP contribution >= 0.6 is 0 Å². The van der Waals surface area contributed by atoms with E-state index in [0.29, 0.717) is 65.4 Å². The summed E-state index contributed by atoms with van der Waals surface area (Å²) < 4.78 is 21.0. The quantitative estimate of drug-likeness (QED) is 0.0153. The predicted molar refractivity (Wildman–Crippen MR) is 359 cm³/mol. The van der Waals surface area contributed by atoms with Crippen LogP contribution in [0.3, 0.4) is 0 Å². The van der Waals surface area contributed by atoms with Gasteiger partial charge >= 0.3 is 29.8 Å². The number of nitrogens with two attached hydrogens (primary N) is 5. The molecule has 0 fully saturated rings. The molecule has 10 unspecified atom stereocenters. The summed E-state index contributed by atoms with van der Waals surface area (Å²) >= 11 is 0. The molecule has 0 saturated carbocycles. The Hall–Kier alpha value is -6.30. The third-order valence-corrected chi connectivity index (χ3v) is 12.1. The van der Waals surface area contributed by atoms with Crippen molar-refractivity contribution >= 4 is 59.4 Å². The molecule has 10 atom stereocenters. The molecular weight excluding hydrogens is 1340 g/mol. The Kier molecular flexibility index (Phi) is 74.2. The second-order valence-corrected chi connectivity index (χ2v) is 20.0. The molecule has 0 aromatic carbocycles. The van der Waals surface area contributed by atoms with Gasteiger partial charge in [-0.25, -0.2) is 24.0 Å². The Bertz CT molecular complexity index is 2100. The number of ether oxygens (including phenoxy) is 5. The fourth-order valence-electron chi connectivity index (χ4n) is 6.50. The number of hydrogen-bond acceptors (Lipinski definition) is 40. The van der Waals surface area contributed by atoms with E-state index in [1.165, 1.54) is 0 Å². The highest BCUT2D eigenvalue weighted by Gasteiger charge is 2.34. The Morgan fingerprint density at radius 3 is 0.460 bits per heavy atom. The van der Waals surface area contributed by atoms with Crippen molar-refractivity contribution in [1.82, 2.24) is 79.8 Å². The molecule has 5 amide bonds. The zero-order valence-corrected chi connectivity index (χ0v) is 58.0. The van der Waals surface area contributed by atoms with Gasteiger partial charge in [0.15, 0.2) is 61.0 Å². The largest absolute Gasteiger partial charge is 0.467 e. The van der Waals surface area contributed by atoms with Crippen molar-refractivity contribution in [3.8, 4) is 0 Å². The van der Waals surface area contributed by atoms with Gasteiger partial charge in [0.1, 0.15) is 0 Å². The van der Waals surface area contributed by atoms with Crippen molar-refractivity contribution in [2.24, 2.45) is 28.7 Å². The summed E-state index contributed by atoms with van der Waals surface area (Å²) in [5.74, 6) is -9.48. The van der Waals surface area contributed by atoms with Crippen LogP contribution in [-0.4, -0.2) is 403 Å². The van der Waals surface area contributed by atoms with E-state index < -0.39 is 120 Å². The summed E-state index contributed by atoms with van der Waals surface area (Å²) in [5.41, 5.74) is 26.3. The van der Waals surface area contributed by atoms with Crippen LogP contribution in [0.15, 0.2) is 0 Å². The smallest absolute Gasteiger partial charge is 0.338 e. The van der Waals surface area contributed by atoms with E-state index in [1.54, 1.807) is 0 Å². The average molecular weight is 1460 g/mol. The number of amides is 5. The summed E-state index contributed by atoms with van der Waals surface area (Å²) in [6.45, 7) is 18.4. The van der Waals surface area contributed by atoms with Crippen LogP contribution in [0.1, 0.15) is 0 Å². The molecule has 100 heavy (non-hydrogen) atoms. The minimum Gasteiger partial charge on any atom is -0.467 e. The van der Waals surface area contributed by atoms with Gasteiger partial charge in [-0.2, -0.15) is 0 Å². The van der Waals surface area contributed by atoms with Gasteiger partial charge < -0.3 is 183 Å². The molecule has 0 aliphatic heterocycles. The molecule has 0 aliphatic rings. The monoisotopic (exact) mass is 1460 g/mol. The lowest BCUT2D eigenvalue weighted by Crippen LogP contribution is -2.47. The summed E-state index contributed by atoms with van der Waals surface area (Å²) in [6, 6.07) is 0. The number of carbonyl (C=O) groups is 10. The normalized spacial score (nSPS) is 13.6. The van der Waals surface area contributed by atoms with E-state index in [4.69, 9.17) is 38.9 Å². The van der Waals surface area contributed by atoms with Crippen LogP contribution in [-0.2, 0) is 71.6 Å². The van der Waals surface area contributed by atoms with Gasteiger partial charge in [0.2, 0.25) is 0 Å². The molecule has 0 saturated heterocycles. The maximum Gasteiger partial charge on any atom is 0.338 e. The summed E-state index contributed by atoms with van der Waals surface area (Å²) in [4.78, 5) is 111. The number of rotatable bonds is 55. The first-order valence-electron chi connectivity index (χ1n) is 31.9. The lowest BCUT2D eigenvalue weighted by molar-refractivity contribution is -0.161. The lowest BCUT2D eigenvalue weighted by Gasteiger charge is -2.15. The second kappa shape index (κ2) is 72.5. The first kappa shape index (κ1) is 102. The Morgan fingerprint density at radius 1 is 0.210 bits per heavy atom. The molecule has 0 spiro atoms. The zero-order chi connectivity index (χ0) is 76.9. The van der Waals surface area contributed by atoms with Crippen molar-refractivity contribution < 1.29 is 123 Å². The number of nitrogens with one attached hydrogen (secondary N) is 15. The van der Waals surface area contributed by atoms with Gasteiger partial charge in [0, 0.05) is 196 Å². The summed E-state index contributed by atoms with van der Waals surface area (Å²) in [7, 11) is 5.26. The maximum atomic E-state index is 11.5. The molecule has 0 heterocycles. The van der Waals surface area contributed by atoms with E-state index in [1.807, 2.05) is 0 Å². The predicted octanol–water partition coefficient (Wildman–Crippen LogP) is -19.3. The highest BCUT2D eigenvalue weighted by molar-refractivity contribution is 5.90. The van der Waals surface area contributed by atoms with Gasteiger partial charge in [-0.05, 0) is 0 Å². The van der Waals surface area contributed by atoms with E-state index in [2.05, 4.69) is 103 Å². The van der Waals surface area contributed by atoms with Crippen LogP contribution in [0.25, 0.3) is 0 Å². The molecule has 45 nitrogen and oxygen atoms in total. The van der Waals surface area contributed by atoms with Crippen LogP contribution in [0.4, 0.5) is 0 Å². The highest BCUT2D eigenvalue weighted by atomic mass is 16.6. The summed E-state index contributed by atoms with van der Waals surface area (Å²) in [5, 5.41) is 136. The Labute approximate surface area is 582 Å². The highest BCUT2D eigenvalue weighted by Crippen LogP contribution is 2.00. The molecule has 0 aliphatic carbocycles.